The van der Waals surface area contributed by atoms with E-state index in [9.17, 15) is 9.59 Å². The van der Waals surface area contributed by atoms with Crippen molar-refractivity contribution in [1.29, 1.82) is 0 Å². The Labute approximate surface area is 160 Å². The molecule has 0 bridgehead atoms. The van der Waals surface area contributed by atoms with E-state index >= 15 is 0 Å². The monoisotopic (exact) mass is 371 g/mol. The van der Waals surface area contributed by atoms with Crippen molar-refractivity contribution < 1.29 is 14.3 Å². The smallest absolute Gasteiger partial charge is 0.231 e. The van der Waals surface area contributed by atoms with Crippen molar-refractivity contribution in [3.8, 4) is 5.75 Å². The van der Waals surface area contributed by atoms with Gasteiger partial charge in [-0.1, -0.05) is 18.6 Å². The molecule has 0 aromatic heterocycles. The van der Waals surface area contributed by atoms with E-state index in [1.807, 2.05) is 12.1 Å². The zero-order chi connectivity index (χ0) is 19.0. The molecule has 2 aliphatic heterocycles. The van der Waals surface area contributed by atoms with Crippen molar-refractivity contribution in [2.24, 2.45) is 17.6 Å². The molecule has 2 amide bonds. The Hall–Kier alpha value is -2.08. The molecule has 2 N–H and O–H groups in total. The van der Waals surface area contributed by atoms with E-state index in [1.165, 1.54) is 12.0 Å². The maximum Gasteiger partial charge on any atom is 0.231 e. The lowest BCUT2D eigenvalue weighted by molar-refractivity contribution is -0.140. The molecule has 6 heteroatoms. The van der Waals surface area contributed by atoms with Crippen LogP contribution in [0.3, 0.4) is 0 Å². The SMILES string of the molecule is COc1ccc([C@@H]2CN(C(=O)C3CCC3)[C@H]3CCN(CC(N)=O)C[C@@H]23)cc1. The number of nitrogens with zero attached hydrogens (tertiary/aromatic N) is 2. The van der Waals surface area contributed by atoms with Gasteiger partial charge >= 0.3 is 0 Å². The van der Waals surface area contributed by atoms with Gasteiger partial charge in [-0.25, -0.2) is 0 Å². The number of primary amides is 1. The van der Waals surface area contributed by atoms with Crippen LogP contribution < -0.4 is 10.5 Å². The van der Waals surface area contributed by atoms with E-state index in [-0.39, 0.29) is 17.9 Å². The molecule has 3 fully saturated rings. The predicted octanol–water partition coefficient (Wildman–Crippen LogP) is 1.60. The first-order chi connectivity index (χ1) is 13.1. The summed E-state index contributed by atoms with van der Waals surface area (Å²) in [4.78, 5) is 28.7. The number of hydrogen-bond acceptors (Lipinski definition) is 4. The van der Waals surface area contributed by atoms with Crippen LogP contribution in [0.2, 0.25) is 0 Å². The summed E-state index contributed by atoms with van der Waals surface area (Å²) in [6.07, 6.45) is 4.16. The van der Waals surface area contributed by atoms with Gasteiger partial charge in [-0.05, 0) is 37.0 Å². The van der Waals surface area contributed by atoms with Gasteiger partial charge in [0.1, 0.15) is 5.75 Å². The van der Waals surface area contributed by atoms with Crippen LogP contribution in [-0.2, 0) is 9.59 Å². The zero-order valence-electron chi connectivity index (χ0n) is 16.0. The highest BCUT2D eigenvalue weighted by Gasteiger charge is 2.48. The molecule has 1 saturated carbocycles. The average molecular weight is 371 g/mol. The van der Waals surface area contributed by atoms with E-state index < -0.39 is 0 Å². The number of carbonyl (C=O) groups excluding carboxylic acids is 2. The summed E-state index contributed by atoms with van der Waals surface area (Å²) >= 11 is 0. The van der Waals surface area contributed by atoms with Crippen LogP contribution in [0.5, 0.6) is 5.75 Å². The normalized spacial score (nSPS) is 28.5. The number of likely N-dealkylation sites (tertiary alicyclic amines) is 2. The third-order valence-corrected chi connectivity index (χ3v) is 6.68. The van der Waals surface area contributed by atoms with Gasteiger partial charge in [-0.3, -0.25) is 14.5 Å². The van der Waals surface area contributed by atoms with Gasteiger partial charge in [0, 0.05) is 43.4 Å². The molecular weight excluding hydrogens is 342 g/mol. The minimum Gasteiger partial charge on any atom is -0.497 e. The summed E-state index contributed by atoms with van der Waals surface area (Å²) < 4.78 is 5.29. The zero-order valence-corrected chi connectivity index (χ0v) is 16.0. The fourth-order valence-corrected chi connectivity index (χ4v) is 5.02. The summed E-state index contributed by atoms with van der Waals surface area (Å²) in [6.45, 7) is 2.73. The molecule has 6 nitrogen and oxygen atoms in total. The number of nitrogens with two attached hydrogens (primary N) is 1. The number of benzene rings is 1. The highest BCUT2D eigenvalue weighted by molar-refractivity contribution is 5.80. The third-order valence-electron chi connectivity index (χ3n) is 6.68. The van der Waals surface area contributed by atoms with E-state index in [2.05, 4.69) is 21.9 Å². The van der Waals surface area contributed by atoms with Gasteiger partial charge in [0.05, 0.1) is 13.7 Å². The third kappa shape index (κ3) is 3.55. The van der Waals surface area contributed by atoms with Crippen molar-refractivity contribution in [3.63, 3.8) is 0 Å². The minimum absolute atomic E-state index is 0.226. The van der Waals surface area contributed by atoms with Crippen molar-refractivity contribution in [2.75, 3.05) is 33.3 Å². The van der Waals surface area contributed by atoms with Gasteiger partial charge in [0.2, 0.25) is 11.8 Å². The molecule has 1 aliphatic carbocycles. The number of amides is 2. The number of ether oxygens (including phenoxy) is 1. The lowest BCUT2D eigenvalue weighted by Crippen LogP contribution is -2.51. The van der Waals surface area contributed by atoms with Crippen molar-refractivity contribution >= 4 is 11.8 Å². The van der Waals surface area contributed by atoms with Crippen molar-refractivity contribution in [3.05, 3.63) is 29.8 Å². The maximum absolute atomic E-state index is 13.0. The number of carbonyl (C=O) groups is 2. The van der Waals surface area contributed by atoms with Gasteiger partial charge in [0.15, 0.2) is 0 Å². The highest BCUT2D eigenvalue weighted by Crippen LogP contribution is 2.43. The molecule has 4 rings (SSSR count). The van der Waals surface area contributed by atoms with E-state index in [1.54, 1.807) is 7.11 Å². The van der Waals surface area contributed by atoms with Crippen molar-refractivity contribution in [1.82, 2.24) is 9.80 Å². The quantitative estimate of drug-likeness (QED) is 0.853. The van der Waals surface area contributed by atoms with E-state index in [0.717, 1.165) is 44.6 Å². The predicted molar refractivity (Wildman–Crippen MR) is 102 cm³/mol. The van der Waals surface area contributed by atoms with Crippen LogP contribution in [0.15, 0.2) is 24.3 Å². The molecule has 3 aliphatic rings. The Morgan fingerprint density at radius 3 is 2.48 bits per heavy atom. The number of hydrogen-bond donors (Lipinski definition) is 1. The van der Waals surface area contributed by atoms with Crippen LogP contribution in [0, 0.1) is 11.8 Å². The Balaban J connectivity index is 1.57. The van der Waals surface area contributed by atoms with Crippen LogP contribution in [0.25, 0.3) is 0 Å². The summed E-state index contributed by atoms with van der Waals surface area (Å²) in [7, 11) is 1.67. The second kappa shape index (κ2) is 7.50. The van der Waals surface area contributed by atoms with Crippen LogP contribution in [-0.4, -0.2) is 60.9 Å². The van der Waals surface area contributed by atoms with Gasteiger partial charge in [-0.15, -0.1) is 0 Å². The fraction of sp³-hybridized carbons (Fsp3) is 0.619. The Morgan fingerprint density at radius 1 is 1.15 bits per heavy atom. The Kier molecular flexibility index (Phi) is 5.08. The molecular formula is C21H29N3O3. The molecule has 2 saturated heterocycles. The number of methoxy groups -OCH3 is 1. The average Bonchev–Trinajstić information content (AvgIpc) is 2.98. The van der Waals surface area contributed by atoms with Gasteiger partial charge in [-0.2, -0.15) is 0 Å². The molecule has 1 aromatic carbocycles. The first kappa shape index (κ1) is 18.3. The number of rotatable bonds is 5. The second-order valence-electron chi connectivity index (χ2n) is 8.22. The molecule has 1 aromatic rings. The molecule has 2 heterocycles. The molecule has 146 valence electrons. The number of fused-ring (bicyclic) bond motifs is 1. The summed E-state index contributed by atoms with van der Waals surface area (Å²) in [6, 6.07) is 8.49. The van der Waals surface area contributed by atoms with Crippen LogP contribution >= 0.6 is 0 Å². The molecule has 0 radical (unpaired) electrons. The number of piperidine rings is 1. The van der Waals surface area contributed by atoms with Crippen molar-refractivity contribution in [2.45, 2.75) is 37.6 Å². The largest absolute Gasteiger partial charge is 0.497 e. The minimum atomic E-state index is -0.283. The first-order valence-electron chi connectivity index (χ1n) is 10.0. The summed E-state index contributed by atoms with van der Waals surface area (Å²) in [5.74, 6) is 1.76. The molecule has 3 atom stereocenters. The standard InChI is InChI=1S/C21H29N3O3/c1-27-16-7-5-14(6-8-16)17-12-24(21(26)15-3-2-4-15)19-9-10-23(11-18(17)19)13-20(22)25/h5-8,15,17-19H,2-4,9-13H2,1H3,(H2,22,25)/t17-,18-,19-/m0/s1. The topological polar surface area (TPSA) is 75.9 Å². The van der Waals surface area contributed by atoms with Gasteiger partial charge in [0.25, 0.3) is 0 Å². The van der Waals surface area contributed by atoms with E-state index in [0.29, 0.717) is 24.3 Å². The van der Waals surface area contributed by atoms with Crippen LogP contribution in [0.4, 0.5) is 0 Å². The summed E-state index contributed by atoms with van der Waals surface area (Å²) in [5, 5.41) is 0. The van der Waals surface area contributed by atoms with Gasteiger partial charge < -0.3 is 15.4 Å². The first-order valence-corrected chi connectivity index (χ1v) is 10.0. The highest BCUT2D eigenvalue weighted by atomic mass is 16.5. The lowest BCUT2D eigenvalue weighted by Gasteiger charge is -2.40. The maximum atomic E-state index is 13.0. The fourth-order valence-electron chi connectivity index (χ4n) is 5.02. The second-order valence-corrected chi connectivity index (χ2v) is 8.22. The Bertz CT molecular complexity index is 701. The van der Waals surface area contributed by atoms with E-state index in [4.69, 9.17) is 10.5 Å². The summed E-state index contributed by atoms with van der Waals surface area (Å²) in [5.41, 5.74) is 6.67. The molecule has 27 heavy (non-hydrogen) atoms. The molecule has 0 spiro atoms. The molecule has 0 unspecified atom stereocenters. The lowest BCUT2D eigenvalue weighted by atomic mass is 9.81. The Morgan fingerprint density at radius 2 is 1.89 bits per heavy atom. The van der Waals surface area contributed by atoms with Crippen LogP contribution in [0.1, 0.15) is 37.2 Å².